The number of nitrogens with two attached hydrogens (primary N) is 1. The number of nitrogens with zero attached hydrogens (tertiary/aromatic N) is 3. The summed E-state index contributed by atoms with van der Waals surface area (Å²) in [6, 6.07) is 6.69. The van der Waals surface area contributed by atoms with Crippen LogP contribution in [-0.4, -0.2) is 35.3 Å². The molecule has 3 N–H and O–H groups in total. The Balaban J connectivity index is 1.88. The molecule has 8 heteroatoms. The SMILES string of the molecule is CN1CC[C@](C)(c2cc(NC(=O)c3ccc(F)cn3)ccc2F)N=C1N. The lowest BCUT2D eigenvalue weighted by molar-refractivity contribution is 0.102. The average molecular weight is 359 g/mol. The minimum Gasteiger partial charge on any atom is -0.370 e. The van der Waals surface area contributed by atoms with Crippen LogP contribution >= 0.6 is 0 Å². The molecule has 1 aromatic carbocycles. The third kappa shape index (κ3) is 3.49. The highest BCUT2D eigenvalue weighted by Crippen LogP contribution is 2.35. The van der Waals surface area contributed by atoms with Crippen LogP contribution in [0.15, 0.2) is 41.5 Å². The van der Waals surface area contributed by atoms with E-state index < -0.39 is 23.1 Å². The molecule has 1 atom stereocenters. The number of anilines is 1. The van der Waals surface area contributed by atoms with Crippen LogP contribution in [0.1, 0.15) is 29.4 Å². The van der Waals surface area contributed by atoms with Gasteiger partial charge in [-0.15, -0.1) is 0 Å². The second-order valence-electron chi connectivity index (χ2n) is 6.43. The molecule has 2 aromatic rings. The Kier molecular flexibility index (Phi) is 4.58. The van der Waals surface area contributed by atoms with E-state index in [2.05, 4.69) is 15.3 Å². The van der Waals surface area contributed by atoms with Gasteiger partial charge in [0.25, 0.3) is 5.91 Å². The van der Waals surface area contributed by atoms with Crippen molar-refractivity contribution in [3.63, 3.8) is 0 Å². The van der Waals surface area contributed by atoms with Crippen molar-refractivity contribution in [2.24, 2.45) is 10.7 Å². The molecule has 2 heterocycles. The van der Waals surface area contributed by atoms with Crippen molar-refractivity contribution in [3.05, 3.63) is 59.4 Å². The molecule has 0 saturated carbocycles. The van der Waals surface area contributed by atoms with Crippen molar-refractivity contribution in [2.45, 2.75) is 18.9 Å². The lowest BCUT2D eigenvalue weighted by Crippen LogP contribution is -2.44. The smallest absolute Gasteiger partial charge is 0.274 e. The Labute approximate surface area is 149 Å². The van der Waals surface area contributed by atoms with Gasteiger partial charge in [0.1, 0.15) is 17.3 Å². The molecule has 136 valence electrons. The molecule has 6 nitrogen and oxygen atoms in total. The number of carbonyl (C=O) groups excluding carboxylic acids is 1. The van der Waals surface area contributed by atoms with Crippen LogP contribution in [-0.2, 0) is 5.54 Å². The molecule has 1 aliphatic rings. The molecule has 26 heavy (non-hydrogen) atoms. The molecule has 1 aromatic heterocycles. The lowest BCUT2D eigenvalue weighted by Gasteiger charge is -2.35. The monoisotopic (exact) mass is 359 g/mol. The van der Waals surface area contributed by atoms with Crippen molar-refractivity contribution >= 4 is 17.6 Å². The Morgan fingerprint density at radius 2 is 2.08 bits per heavy atom. The molecule has 0 spiro atoms. The van der Waals surface area contributed by atoms with Gasteiger partial charge in [-0.2, -0.15) is 0 Å². The van der Waals surface area contributed by atoms with Crippen LogP contribution in [0, 0.1) is 11.6 Å². The molecule has 0 radical (unpaired) electrons. The first-order valence-corrected chi connectivity index (χ1v) is 8.08. The topological polar surface area (TPSA) is 83.6 Å². The minimum atomic E-state index is -0.824. The van der Waals surface area contributed by atoms with E-state index in [0.717, 1.165) is 12.3 Å². The highest BCUT2D eigenvalue weighted by atomic mass is 19.1. The first-order valence-electron chi connectivity index (χ1n) is 8.08. The molecule has 0 bridgehead atoms. The number of pyridine rings is 1. The summed E-state index contributed by atoms with van der Waals surface area (Å²) in [6.45, 7) is 2.44. The van der Waals surface area contributed by atoms with Crippen molar-refractivity contribution in [1.82, 2.24) is 9.88 Å². The van der Waals surface area contributed by atoms with Gasteiger partial charge in [0.2, 0.25) is 0 Å². The summed E-state index contributed by atoms with van der Waals surface area (Å²) in [7, 11) is 1.82. The first-order chi connectivity index (χ1) is 12.3. The number of halogens is 2. The second-order valence-corrected chi connectivity index (χ2v) is 6.43. The van der Waals surface area contributed by atoms with E-state index in [9.17, 15) is 13.6 Å². The molecule has 0 saturated heterocycles. The first kappa shape index (κ1) is 17.8. The van der Waals surface area contributed by atoms with Crippen molar-refractivity contribution in [3.8, 4) is 0 Å². The van der Waals surface area contributed by atoms with E-state index in [1.165, 1.54) is 18.2 Å². The van der Waals surface area contributed by atoms with Gasteiger partial charge < -0.3 is 16.0 Å². The largest absolute Gasteiger partial charge is 0.370 e. The van der Waals surface area contributed by atoms with Crippen molar-refractivity contribution in [2.75, 3.05) is 18.9 Å². The fourth-order valence-corrected chi connectivity index (χ4v) is 2.81. The van der Waals surface area contributed by atoms with E-state index in [1.807, 2.05) is 7.05 Å². The Hall–Kier alpha value is -3.03. The number of hydrogen-bond acceptors (Lipinski definition) is 5. The Morgan fingerprint density at radius 1 is 1.31 bits per heavy atom. The summed E-state index contributed by atoms with van der Waals surface area (Å²) in [5, 5.41) is 2.64. The van der Waals surface area contributed by atoms with Gasteiger partial charge in [-0.1, -0.05) is 0 Å². The van der Waals surface area contributed by atoms with Crippen LogP contribution < -0.4 is 11.1 Å². The second kappa shape index (κ2) is 6.70. The van der Waals surface area contributed by atoms with Crippen LogP contribution in [0.25, 0.3) is 0 Å². The van der Waals surface area contributed by atoms with Crippen LogP contribution in [0.4, 0.5) is 14.5 Å². The fraction of sp³-hybridized carbons (Fsp3) is 0.278. The predicted molar refractivity (Wildman–Crippen MR) is 94.8 cm³/mol. The molecular weight excluding hydrogens is 340 g/mol. The summed E-state index contributed by atoms with van der Waals surface area (Å²) < 4.78 is 27.4. The van der Waals surface area contributed by atoms with Gasteiger partial charge in [-0.25, -0.2) is 18.8 Å². The maximum Gasteiger partial charge on any atom is 0.274 e. The zero-order chi connectivity index (χ0) is 18.9. The molecular formula is C18H19F2N5O. The molecule has 3 rings (SSSR count). The predicted octanol–water partition coefficient (Wildman–Crippen LogP) is 2.48. The summed E-state index contributed by atoms with van der Waals surface area (Å²) in [5.41, 5.74) is 5.87. The number of carbonyl (C=O) groups is 1. The quantitative estimate of drug-likeness (QED) is 0.882. The molecule has 0 aliphatic carbocycles. The molecule has 0 unspecified atom stereocenters. The third-order valence-electron chi connectivity index (χ3n) is 4.45. The van der Waals surface area contributed by atoms with Gasteiger partial charge in [0.05, 0.1) is 11.7 Å². The van der Waals surface area contributed by atoms with Crippen LogP contribution in [0.2, 0.25) is 0 Å². The summed E-state index contributed by atoms with van der Waals surface area (Å²) in [4.78, 5) is 22.2. The van der Waals surface area contributed by atoms with Crippen LogP contribution in [0.3, 0.4) is 0 Å². The maximum absolute atomic E-state index is 14.4. The van der Waals surface area contributed by atoms with E-state index in [1.54, 1.807) is 17.9 Å². The average Bonchev–Trinajstić information content (AvgIpc) is 2.60. The molecule has 1 aliphatic heterocycles. The summed E-state index contributed by atoms with van der Waals surface area (Å²) in [6.07, 6.45) is 1.54. The van der Waals surface area contributed by atoms with Crippen LogP contribution in [0.5, 0.6) is 0 Å². The van der Waals surface area contributed by atoms with E-state index in [0.29, 0.717) is 30.2 Å². The number of guanidine groups is 1. The van der Waals surface area contributed by atoms with Gasteiger partial charge in [-0.3, -0.25) is 4.79 Å². The standard InChI is InChI=1S/C18H19F2N5O/c1-18(7-8-25(2)17(21)24-18)13-9-12(4-5-14(13)20)23-16(26)15-6-3-11(19)10-22-15/h3-6,9-10H,7-8H2,1-2H3,(H2,21,24)(H,23,26)/t18-/m1/s1. The lowest BCUT2D eigenvalue weighted by atomic mass is 9.87. The number of rotatable bonds is 3. The number of benzene rings is 1. The summed E-state index contributed by atoms with van der Waals surface area (Å²) >= 11 is 0. The van der Waals surface area contributed by atoms with Gasteiger partial charge in [0, 0.05) is 24.8 Å². The third-order valence-corrected chi connectivity index (χ3v) is 4.45. The van der Waals surface area contributed by atoms with Gasteiger partial charge in [-0.05, 0) is 43.7 Å². The zero-order valence-corrected chi connectivity index (χ0v) is 14.5. The van der Waals surface area contributed by atoms with Crippen molar-refractivity contribution < 1.29 is 13.6 Å². The highest BCUT2D eigenvalue weighted by Gasteiger charge is 2.33. The number of hydrogen-bond donors (Lipinski definition) is 2. The highest BCUT2D eigenvalue weighted by molar-refractivity contribution is 6.02. The van der Waals surface area contributed by atoms with E-state index in [-0.39, 0.29) is 5.69 Å². The number of aliphatic imine (C=N–C) groups is 1. The van der Waals surface area contributed by atoms with E-state index >= 15 is 0 Å². The van der Waals surface area contributed by atoms with Crippen molar-refractivity contribution in [1.29, 1.82) is 0 Å². The van der Waals surface area contributed by atoms with Gasteiger partial charge >= 0.3 is 0 Å². The minimum absolute atomic E-state index is 0.0602. The number of amides is 1. The Morgan fingerprint density at radius 3 is 2.73 bits per heavy atom. The fourth-order valence-electron chi connectivity index (χ4n) is 2.81. The van der Waals surface area contributed by atoms with Gasteiger partial charge in [0.15, 0.2) is 5.96 Å². The summed E-state index contributed by atoms with van der Waals surface area (Å²) in [5.74, 6) is -1.13. The number of nitrogens with one attached hydrogen (secondary N) is 1. The number of aromatic nitrogens is 1. The maximum atomic E-state index is 14.4. The zero-order valence-electron chi connectivity index (χ0n) is 14.5. The molecule has 0 fully saturated rings. The molecule has 1 amide bonds. The Bertz CT molecular complexity index is 868. The normalized spacial score (nSPS) is 19.8. The van der Waals surface area contributed by atoms with E-state index in [4.69, 9.17) is 5.73 Å².